The van der Waals surface area contributed by atoms with Gasteiger partial charge < -0.3 is 9.31 Å². The van der Waals surface area contributed by atoms with Crippen molar-refractivity contribution >= 4 is 23.5 Å². The fourth-order valence-corrected chi connectivity index (χ4v) is 4.18. The molecular weight excluding hydrogens is 407 g/mol. The van der Waals surface area contributed by atoms with Gasteiger partial charge in [0.25, 0.3) is 0 Å². The number of fused-ring (bicyclic) bond motifs is 1. The number of aromatic nitrogens is 1. The van der Waals surface area contributed by atoms with Crippen LogP contribution in [0.5, 0.6) is 0 Å². The summed E-state index contributed by atoms with van der Waals surface area (Å²) in [7, 11) is -0.436. The molecule has 1 fully saturated rings. The summed E-state index contributed by atoms with van der Waals surface area (Å²) in [5, 5.41) is 10.0. The fraction of sp³-hybridized carbons (Fsp3) is 0.214. The fourth-order valence-electron chi connectivity index (χ4n) is 4.18. The molecule has 4 nitrogen and oxygen atoms in total. The number of rotatable bonds is 3. The van der Waals surface area contributed by atoms with Crippen LogP contribution in [0.2, 0.25) is 0 Å². The molecule has 0 saturated carbocycles. The molecule has 0 radical (unpaired) electrons. The topological polar surface area (TPSA) is 55.1 Å². The molecule has 5 rings (SSSR count). The highest BCUT2D eigenvalue weighted by molar-refractivity contribution is 6.65. The van der Waals surface area contributed by atoms with E-state index in [9.17, 15) is 0 Å². The first-order chi connectivity index (χ1) is 15.8. The molecular formula is C28H25BN2O2. The highest BCUT2D eigenvalue weighted by atomic mass is 16.7. The molecule has 2 heterocycles. The summed E-state index contributed by atoms with van der Waals surface area (Å²) < 4.78 is 12.6. The zero-order valence-electron chi connectivity index (χ0n) is 19.3. The Morgan fingerprint density at radius 2 is 1.33 bits per heavy atom. The molecule has 0 amide bonds. The number of hydrogen-bond donors (Lipinski definition) is 0. The van der Waals surface area contributed by atoms with Crippen molar-refractivity contribution in [3.05, 3.63) is 84.6 Å². The monoisotopic (exact) mass is 432 g/mol. The van der Waals surface area contributed by atoms with Gasteiger partial charge in [0, 0.05) is 17.1 Å². The van der Waals surface area contributed by atoms with Crippen LogP contribution in [0.1, 0.15) is 33.3 Å². The van der Waals surface area contributed by atoms with Crippen LogP contribution >= 0.6 is 0 Å². The minimum absolute atomic E-state index is 0.397. The van der Waals surface area contributed by atoms with E-state index in [0.29, 0.717) is 5.56 Å². The largest absolute Gasteiger partial charge is 0.495 e. The van der Waals surface area contributed by atoms with E-state index in [1.807, 2.05) is 36.5 Å². The van der Waals surface area contributed by atoms with Crippen molar-refractivity contribution in [2.75, 3.05) is 0 Å². The van der Waals surface area contributed by atoms with Gasteiger partial charge in [-0.25, -0.2) is 0 Å². The van der Waals surface area contributed by atoms with Gasteiger partial charge in [0.15, 0.2) is 0 Å². The molecule has 1 saturated heterocycles. The van der Waals surface area contributed by atoms with Gasteiger partial charge in [0.1, 0.15) is 0 Å². The minimum atomic E-state index is -0.436. The van der Waals surface area contributed by atoms with Crippen molar-refractivity contribution in [1.82, 2.24) is 4.98 Å². The Balaban J connectivity index is 1.52. The van der Waals surface area contributed by atoms with Crippen molar-refractivity contribution in [2.24, 2.45) is 0 Å². The maximum absolute atomic E-state index is 9.02. The van der Waals surface area contributed by atoms with Gasteiger partial charge in [-0.2, -0.15) is 5.26 Å². The summed E-state index contributed by atoms with van der Waals surface area (Å²) in [5.74, 6) is 0. The molecule has 0 atom stereocenters. The Labute approximate surface area is 195 Å². The van der Waals surface area contributed by atoms with Gasteiger partial charge >= 0.3 is 7.12 Å². The smallest absolute Gasteiger partial charge is 0.399 e. The molecule has 0 bridgehead atoms. The molecule has 0 unspecified atom stereocenters. The second-order valence-electron chi connectivity index (χ2n) is 9.46. The van der Waals surface area contributed by atoms with E-state index in [1.54, 1.807) is 0 Å². The standard InChI is InChI=1S/C28H25BN2O2/c1-27(2)28(3,4)33-29(32-27)25-16-15-23(26-24(25)6-5-17-31-26)22-13-11-21(12-14-22)20-9-7-19(18-30)8-10-20/h5-17H,1-4H3. The van der Waals surface area contributed by atoms with Crippen molar-refractivity contribution in [1.29, 1.82) is 5.26 Å². The van der Waals surface area contributed by atoms with Crippen LogP contribution in [0.15, 0.2) is 79.0 Å². The SMILES string of the molecule is CC1(C)OB(c2ccc(-c3ccc(-c4ccc(C#N)cc4)cc3)c3ncccc23)OC1(C)C. The number of hydrogen-bond acceptors (Lipinski definition) is 4. The Morgan fingerprint density at radius 3 is 1.94 bits per heavy atom. The summed E-state index contributed by atoms with van der Waals surface area (Å²) in [6, 6.07) is 26.5. The molecule has 1 aromatic heterocycles. The number of nitrogens with zero attached hydrogens (tertiary/aromatic N) is 2. The zero-order chi connectivity index (χ0) is 23.2. The molecule has 3 aromatic carbocycles. The van der Waals surface area contributed by atoms with E-state index in [0.717, 1.165) is 38.6 Å². The molecule has 162 valence electrons. The maximum Gasteiger partial charge on any atom is 0.495 e. The van der Waals surface area contributed by atoms with Gasteiger partial charge in [-0.15, -0.1) is 0 Å². The normalized spacial score (nSPS) is 16.6. The van der Waals surface area contributed by atoms with Crippen LogP contribution in [0.25, 0.3) is 33.2 Å². The molecule has 1 aliphatic rings. The van der Waals surface area contributed by atoms with E-state index in [1.165, 1.54) is 0 Å². The van der Waals surface area contributed by atoms with Crippen LogP contribution in [-0.2, 0) is 9.31 Å². The minimum Gasteiger partial charge on any atom is -0.399 e. The van der Waals surface area contributed by atoms with Crippen LogP contribution in [0.3, 0.4) is 0 Å². The number of benzene rings is 3. The van der Waals surface area contributed by atoms with Crippen LogP contribution in [0.4, 0.5) is 0 Å². The molecule has 0 N–H and O–H groups in total. The Hall–Kier alpha value is -3.46. The maximum atomic E-state index is 9.02. The Bertz CT molecular complexity index is 1350. The van der Waals surface area contributed by atoms with Gasteiger partial charge in [-0.3, -0.25) is 4.98 Å². The number of nitriles is 1. The van der Waals surface area contributed by atoms with Crippen LogP contribution in [-0.4, -0.2) is 23.3 Å². The van der Waals surface area contributed by atoms with E-state index >= 15 is 0 Å². The van der Waals surface area contributed by atoms with Gasteiger partial charge in [0.05, 0.1) is 28.4 Å². The highest BCUT2D eigenvalue weighted by Gasteiger charge is 2.52. The predicted octanol–water partition coefficient (Wildman–Crippen LogP) is 5.74. The highest BCUT2D eigenvalue weighted by Crippen LogP contribution is 2.37. The summed E-state index contributed by atoms with van der Waals surface area (Å²) in [4.78, 5) is 4.72. The summed E-state index contributed by atoms with van der Waals surface area (Å²) in [5.41, 5.74) is 6.14. The third kappa shape index (κ3) is 3.72. The first kappa shape index (κ1) is 21.4. The molecule has 0 aliphatic carbocycles. The lowest BCUT2D eigenvalue weighted by molar-refractivity contribution is 0.00578. The van der Waals surface area contributed by atoms with E-state index in [-0.39, 0.29) is 0 Å². The third-order valence-electron chi connectivity index (χ3n) is 6.85. The average Bonchev–Trinajstić information content (AvgIpc) is 3.05. The molecule has 33 heavy (non-hydrogen) atoms. The Kier molecular flexibility index (Phi) is 5.09. The lowest BCUT2D eigenvalue weighted by atomic mass is 9.75. The summed E-state index contributed by atoms with van der Waals surface area (Å²) in [6.45, 7) is 8.27. The summed E-state index contributed by atoms with van der Waals surface area (Å²) >= 11 is 0. The second kappa shape index (κ2) is 7.84. The van der Waals surface area contributed by atoms with Crippen molar-refractivity contribution in [2.45, 2.75) is 38.9 Å². The zero-order valence-corrected chi connectivity index (χ0v) is 19.3. The quantitative estimate of drug-likeness (QED) is 0.388. The first-order valence-electron chi connectivity index (χ1n) is 11.1. The molecule has 5 heteroatoms. The van der Waals surface area contributed by atoms with Crippen molar-refractivity contribution in [3.63, 3.8) is 0 Å². The van der Waals surface area contributed by atoms with Crippen LogP contribution < -0.4 is 5.46 Å². The van der Waals surface area contributed by atoms with Crippen molar-refractivity contribution in [3.8, 4) is 28.3 Å². The predicted molar refractivity (Wildman–Crippen MR) is 133 cm³/mol. The first-order valence-corrected chi connectivity index (χ1v) is 11.1. The lowest BCUT2D eigenvalue weighted by Crippen LogP contribution is -2.41. The van der Waals surface area contributed by atoms with E-state index in [2.05, 4.69) is 76.2 Å². The molecule has 0 spiro atoms. The molecule has 1 aliphatic heterocycles. The molecule has 4 aromatic rings. The third-order valence-corrected chi connectivity index (χ3v) is 6.85. The summed E-state index contributed by atoms with van der Waals surface area (Å²) in [6.07, 6.45) is 1.82. The number of pyridine rings is 1. The van der Waals surface area contributed by atoms with Gasteiger partial charge in [-0.05, 0) is 68.0 Å². The van der Waals surface area contributed by atoms with E-state index in [4.69, 9.17) is 19.6 Å². The Morgan fingerprint density at radius 1 is 0.758 bits per heavy atom. The van der Waals surface area contributed by atoms with Gasteiger partial charge in [-0.1, -0.05) is 54.6 Å². The van der Waals surface area contributed by atoms with E-state index < -0.39 is 18.3 Å². The van der Waals surface area contributed by atoms with Crippen LogP contribution in [0, 0.1) is 11.3 Å². The van der Waals surface area contributed by atoms with Gasteiger partial charge in [0.2, 0.25) is 0 Å². The van der Waals surface area contributed by atoms with Crippen molar-refractivity contribution < 1.29 is 9.31 Å². The lowest BCUT2D eigenvalue weighted by Gasteiger charge is -2.32. The second-order valence-corrected chi connectivity index (χ2v) is 9.46. The average molecular weight is 432 g/mol.